The molecule has 1 rings (SSSR count). The zero-order chi connectivity index (χ0) is 14.3. The van der Waals surface area contributed by atoms with Crippen LogP contribution in [0.5, 0.6) is 5.75 Å². The van der Waals surface area contributed by atoms with Crippen LogP contribution >= 0.6 is 0 Å². The number of hydrogen-bond donors (Lipinski definition) is 1. The lowest BCUT2D eigenvalue weighted by atomic mass is 10.1. The third-order valence-corrected chi connectivity index (χ3v) is 2.63. The Morgan fingerprint density at radius 1 is 1.21 bits per heavy atom. The molecule has 0 aliphatic carbocycles. The largest absolute Gasteiger partial charge is 0.489 e. The van der Waals surface area contributed by atoms with Crippen molar-refractivity contribution in [3.8, 4) is 5.75 Å². The Kier molecular flexibility index (Phi) is 6.77. The van der Waals surface area contributed by atoms with Gasteiger partial charge in [-0.1, -0.05) is 6.92 Å². The molecular weight excluding hydrogens is 244 g/mol. The third-order valence-electron chi connectivity index (χ3n) is 2.63. The van der Waals surface area contributed by atoms with Gasteiger partial charge in [0.15, 0.2) is 6.29 Å². The normalized spacial score (nSPS) is 13.0. The van der Waals surface area contributed by atoms with E-state index >= 15 is 0 Å². The van der Waals surface area contributed by atoms with Gasteiger partial charge < -0.3 is 19.5 Å². The van der Waals surface area contributed by atoms with Crippen molar-refractivity contribution in [3.05, 3.63) is 24.0 Å². The maximum Gasteiger partial charge on any atom is 0.176 e. The van der Waals surface area contributed by atoms with Crippen molar-refractivity contribution in [2.24, 2.45) is 0 Å². The second kappa shape index (κ2) is 8.09. The van der Waals surface area contributed by atoms with E-state index in [2.05, 4.69) is 10.3 Å². The van der Waals surface area contributed by atoms with E-state index in [4.69, 9.17) is 14.2 Å². The molecule has 5 nitrogen and oxygen atoms in total. The van der Waals surface area contributed by atoms with Crippen molar-refractivity contribution < 1.29 is 14.2 Å². The fraction of sp³-hybridized carbons (Fsp3) is 0.643. The molecule has 0 fully saturated rings. The first-order valence-electron chi connectivity index (χ1n) is 6.52. The van der Waals surface area contributed by atoms with Crippen LogP contribution in [0, 0.1) is 0 Å². The number of rotatable bonds is 8. The average Bonchev–Trinajstić information content (AvgIpc) is 2.38. The van der Waals surface area contributed by atoms with E-state index in [9.17, 15) is 0 Å². The highest BCUT2D eigenvalue weighted by Gasteiger charge is 2.22. The molecule has 0 aliphatic heterocycles. The summed E-state index contributed by atoms with van der Waals surface area (Å²) in [6.07, 6.45) is 3.26. The minimum atomic E-state index is -0.365. The molecule has 108 valence electrons. The topological polar surface area (TPSA) is 52.6 Å². The smallest absolute Gasteiger partial charge is 0.176 e. The van der Waals surface area contributed by atoms with E-state index in [0.29, 0.717) is 0 Å². The van der Waals surface area contributed by atoms with E-state index in [1.807, 2.05) is 26.8 Å². The molecule has 0 saturated carbocycles. The highest BCUT2D eigenvalue weighted by molar-refractivity contribution is 5.26. The third kappa shape index (κ3) is 4.78. The summed E-state index contributed by atoms with van der Waals surface area (Å²) < 4.78 is 16.3. The van der Waals surface area contributed by atoms with Gasteiger partial charge in [-0.05, 0) is 32.0 Å². The van der Waals surface area contributed by atoms with Crippen molar-refractivity contribution in [2.45, 2.75) is 39.2 Å². The number of pyridine rings is 1. The molecule has 0 radical (unpaired) electrons. The van der Waals surface area contributed by atoms with Crippen molar-refractivity contribution >= 4 is 0 Å². The molecule has 0 spiro atoms. The summed E-state index contributed by atoms with van der Waals surface area (Å²) in [7, 11) is 3.25. The SMILES string of the molecule is CCNC(c1cncc(OC(C)C)c1)C(OC)OC. The van der Waals surface area contributed by atoms with E-state index in [0.717, 1.165) is 17.9 Å². The molecule has 0 amide bonds. The van der Waals surface area contributed by atoms with Gasteiger partial charge in [0.2, 0.25) is 0 Å². The van der Waals surface area contributed by atoms with Crippen molar-refractivity contribution in [1.82, 2.24) is 10.3 Å². The Labute approximate surface area is 115 Å². The van der Waals surface area contributed by atoms with Gasteiger partial charge in [-0.15, -0.1) is 0 Å². The quantitative estimate of drug-likeness (QED) is 0.732. The van der Waals surface area contributed by atoms with E-state index in [1.165, 1.54) is 0 Å². The zero-order valence-corrected chi connectivity index (χ0v) is 12.3. The van der Waals surface area contributed by atoms with Gasteiger partial charge in [0.05, 0.1) is 18.3 Å². The maximum absolute atomic E-state index is 5.66. The molecule has 1 aromatic rings. The van der Waals surface area contributed by atoms with Gasteiger partial charge >= 0.3 is 0 Å². The molecule has 1 atom stereocenters. The highest BCUT2D eigenvalue weighted by Crippen LogP contribution is 2.23. The van der Waals surface area contributed by atoms with Crippen LogP contribution in [0.4, 0.5) is 0 Å². The second-order valence-corrected chi connectivity index (χ2v) is 4.50. The van der Waals surface area contributed by atoms with E-state index in [-0.39, 0.29) is 18.4 Å². The summed E-state index contributed by atoms with van der Waals surface area (Å²) in [5.41, 5.74) is 0.980. The van der Waals surface area contributed by atoms with Crippen LogP contribution in [0.25, 0.3) is 0 Å². The lowest BCUT2D eigenvalue weighted by Crippen LogP contribution is -2.34. The lowest BCUT2D eigenvalue weighted by Gasteiger charge is -2.26. The molecule has 0 aromatic carbocycles. The van der Waals surface area contributed by atoms with Crippen molar-refractivity contribution in [2.75, 3.05) is 20.8 Å². The number of nitrogens with zero attached hydrogens (tertiary/aromatic N) is 1. The molecule has 5 heteroatoms. The second-order valence-electron chi connectivity index (χ2n) is 4.50. The fourth-order valence-corrected chi connectivity index (χ4v) is 1.90. The van der Waals surface area contributed by atoms with Gasteiger partial charge in [-0.3, -0.25) is 4.98 Å². The maximum atomic E-state index is 5.66. The fourth-order valence-electron chi connectivity index (χ4n) is 1.90. The summed E-state index contributed by atoms with van der Waals surface area (Å²) in [4.78, 5) is 4.22. The zero-order valence-electron chi connectivity index (χ0n) is 12.3. The first-order valence-corrected chi connectivity index (χ1v) is 6.52. The predicted octanol–water partition coefficient (Wildman–Crippen LogP) is 2.14. The first kappa shape index (κ1) is 15.9. The predicted molar refractivity (Wildman–Crippen MR) is 74.2 cm³/mol. The molecule has 19 heavy (non-hydrogen) atoms. The summed E-state index contributed by atoms with van der Waals surface area (Å²) in [6, 6.07) is 1.88. The van der Waals surface area contributed by atoms with Gasteiger partial charge in [0.1, 0.15) is 5.75 Å². The molecule has 0 saturated heterocycles. The van der Waals surface area contributed by atoms with Crippen LogP contribution in [0.15, 0.2) is 18.5 Å². The van der Waals surface area contributed by atoms with Crippen LogP contribution in [0.3, 0.4) is 0 Å². The molecule has 1 aromatic heterocycles. The van der Waals surface area contributed by atoms with E-state index in [1.54, 1.807) is 26.6 Å². The summed E-state index contributed by atoms with van der Waals surface area (Å²) >= 11 is 0. The van der Waals surface area contributed by atoms with Crippen molar-refractivity contribution in [1.29, 1.82) is 0 Å². The number of methoxy groups -OCH3 is 2. The van der Waals surface area contributed by atoms with Gasteiger partial charge in [-0.25, -0.2) is 0 Å². The number of aromatic nitrogens is 1. The van der Waals surface area contributed by atoms with Crippen LogP contribution < -0.4 is 10.1 Å². The van der Waals surface area contributed by atoms with Gasteiger partial charge in [0.25, 0.3) is 0 Å². The molecule has 0 bridgehead atoms. The summed E-state index contributed by atoms with van der Waals surface area (Å²) in [5.74, 6) is 0.751. The molecule has 0 aliphatic rings. The van der Waals surface area contributed by atoms with Crippen LogP contribution in [-0.4, -0.2) is 38.1 Å². The van der Waals surface area contributed by atoms with Crippen LogP contribution in [-0.2, 0) is 9.47 Å². The van der Waals surface area contributed by atoms with Crippen LogP contribution in [0.2, 0.25) is 0 Å². The van der Waals surface area contributed by atoms with Gasteiger partial charge in [0, 0.05) is 20.4 Å². The minimum absolute atomic E-state index is 0.0804. The van der Waals surface area contributed by atoms with Crippen molar-refractivity contribution in [3.63, 3.8) is 0 Å². The minimum Gasteiger partial charge on any atom is -0.489 e. The Bertz CT molecular complexity index is 367. The Hall–Kier alpha value is -1.17. The monoisotopic (exact) mass is 268 g/mol. The molecular formula is C14H24N2O3. The summed E-state index contributed by atoms with van der Waals surface area (Å²) in [6.45, 7) is 6.82. The Balaban J connectivity index is 2.94. The summed E-state index contributed by atoms with van der Waals surface area (Å²) in [5, 5.41) is 3.34. The molecule has 1 heterocycles. The number of hydrogen-bond acceptors (Lipinski definition) is 5. The number of nitrogens with one attached hydrogen (secondary N) is 1. The van der Waals surface area contributed by atoms with Gasteiger partial charge in [-0.2, -0.15) is 0 Å². The van der Waals surface area contributed by atoms with E-state index < -0.39 is 0 Å². The first-order chi connectivity index (χ1) is 9.12. The number of ether oxygens (including phenoxy) is 3. The molecule has 1 N–H and O–H groups in total. The molecule has 1 unspecified atom stereocenters. The van der Waals surface area contributed by atoms with Crippen LogP contribution in [0.1, 0.15) is 32.4 Å². The average molecular weight is 268 g/mol. The number of likely N-dealkylation sites (N-methyl/N-ethyl adjacent to an activating group) is 1. The highest BCUT2D eigenvalue weighted by atomic mass is 16.7. The Morgan fingerprint density at radius 2 is 1.89 bits per heavy atom. The standard InChI is InChI=1S/C14H24N2O3/c1-6-16-13(14(17-4)18-5)11-7-12(9-15-8-11)19-10(2)3/h7-10,13-14,16H,6H2,1-5H3. The lowest BCUT2D eigenvalue weighted by molar-refractivity contribution is -0.124. The Morgan fingerprint density at radius 3 is 2.42 bits per heavy atom.